The highest BCUT2D eigenvalue weighted by Gasteiger charge is 2.37. The molecule has 0 spiro atoms. The van der Waals surface area contributed by atoms with Crippen molar-refractivity contribution in [1.29, 1.82) is 0 Å². The molecule has 1 heterocycles. The van der Waals surface area contributed by atoms with Crippen LogP contribution >= 0.6 is 0 Å². The second kappa shape index (κ2) is 10.7. The Hall–Kier alpha value is -6.37. The number of nitrogens with one attached hydrogen (secondary N) is 1. The van der Waals surface area contributed by atoms with E-state index in [2.05, 4.69) is 5.32 Å². The fourth-order valence-electron chi connectivity index (χ4n) is 4.25. The maximum absolute atomic E-state index is 13.3. The van der Waals surface area contributed by atoms with E-state index in [9.17, 15) is 44.3 Å². The third kappa shape index (κ3) is 5.24. The first-order valence-corrected chi connectivity index (χ1v) is 12.0. The number of fused-ring (bicyclic) bond motifs is 1. The number of nitrogens with zero attached hydrogens (tertiary/aromatic N) is 2. The number of aromatic carboxylic acids is 2. The van der Waals surface area contributed by atoms with E-state index in [-0.39, 0.29) is 56.4 Å². The predicted molar refractivity (Wildman–Crippen MR) is 146 cm³/mol. The number of imide groups is 1. The highest BCUT2D eigenvalue weighted by molar-refractivity contribution is 6.34. The van der Waals surface area contributed by atoms with E-state index < -0.39 is 34.6 Å². The normalized spacial score (nSPS) is 12.0. The zero-order chi connectivity index (χ0) is 30.1. The van der Waals surface area contributed by atoms with E-state index in [1.165, 1.54) is 66.7 Å². The summed E-state index contributed by atoms with van der Waals surface area (Å²) in [6.45, 7) is 0. The number of hydrogen-bond acceptors (Lipinski definition) is 8. The highest BCUT2D eigenvalue weighted by atomic mass is 16.6. The van der Waals surface area contributed by atoms with E-state index in [1.807, 2.05) is 0 Å². The Morgan fingerprint density at radius 1 is 0.738 bits per heavy atom. The fraction of sp³-hybridized carbons (Fsp3) is 0. The lowest BCUT2D eigenvalue weighted by Crippen LogP contribution is -2.29. The van der Waals surface area contributed by atoms with Gasteiger partial charge in [0.05, 0.1) is 38.9 Å². The minimum atomic E-state index is -1.39. The van der Waals surface area contributed by atoms with Crippen molar-refractivity contribution >= 4 is 46.7 Å². The van der Waals surface area contributed by atoms with Gasteiger partial charge in [0.15, 0.2) is 0 Å². The Balaban J connectivity index is 1.38. The van der Waals surface area contributed by atoms with Gasteiger partial charge < -0.3 is 20.3 Å². The van der Waals surface area contributed by atoms with Gasteiger partial charge in [-0.15, -0.1) is 0 Å². The van der Waals surface area contributed by atoms with Crippen molar-refractivity contribution in [2.24, 2.45) is 0 Å². The Labute approximate surface area is 235 Å². The third-order valence-corrected chi connectivity index (χ3v) is 6.17. The van der Waals surface area contributed by atoms with Crippen LogP contribution in [0.15, 0.2) is 84.9 Å². The lowest BCUT2D eigenvalue weighted by molar-refractivity contribution is -0.384. The van der Waals surface area contributed by atoms with Crippen LogP contribution in [-0.4, -0.2) is 44.8 Å². The minimum absolute atomic E-state index is 0.00338. The van der Waals surface area contributed by atoms with Crippen LogP contribution in [0, 0.1) is 10.1 Å². The van der Waals surface area contributed by atoms with Gasteiger partial charge in [0.1, 0.15) is 11.5 Å². The average Bonchev–Trinajstić information content (AvgIpc) is 3.21. The molecule has 1 aliphatic rings. The summed E-state index contributed by atoms with van der Waals surface area (Å²) in [5.74, 6) is -4.57. The molecule has 13 nitrogen and oxygen atoms in total. The summed E-state index contributed by atoms with van der Waals surface area (Å²) in [5, 5.41) is 32.0. The van der Waals surface area contributed by atoms with E-state index >= 15 is 0 Å². The molecule has 0 saturated carbocycles. The molecular weight excluding hydrogens is 550 g/mol. The van der Waals surface area contributed by atoms with Crippen molar-refractivity contribution in [3.8, 4) is 11.5 Å². The number of carboxylic acid groups (broad SMARTS) is 2. The summed E-state index contributed by atoms with van der Waals surface area (Å²) < 4.78 is 5.66. The molecule has 42 heavy (non-hydrogen) atoms. The van der Waals surface area contributed by atoms with Gasteiger partial charge in [0, 0.05) is 17.3 Å². The summed E-state index contributed by atoms with van der Waals surface area (Å²) in [7, 11) is 0. The first-order valence-electron chi connectivity index (χ1n) is 12.0. The number of carboxylic acids is 2. The van der Waals surface area contributed by atoms with Crippen LogP contribution in [0.25, 0.3) is 0 Å². The van der Waals surface area contributed by atoms with Gasteiger partial charge in [-0.25, -0.2) is 14.5 Å². The van der Waals surface area contributed by atoms with Crippen molar-refractivity contribution in [2.75, 3.05) is 10.2 Å². The number of anilines is 2. The zero-order valence-electron chi connectivity index (χ0n) is 21.1. The Bertz CT molecular complexity index is 1820. The number of carbonyl (C=O) groups excluding carboxylic acids is 3. The fourth-order valence-corrected chi connectivity index (χ4v) is 4.25. The molecule has 0 unspecified atom stereocenters. The maximum Gasteiger partial charge on any atom is 0.335 e. The monoisotopic (exact) mass is 567 g/mol. The number of hydrogen-bond donors (Lipinski definition) is 3. The summed E-state index contributed by atoms with van der Waals surface area (Å²) in [5.41, 5.74) is -0.807. The van der Waals surface area contributed by atoms with Gasteiger partial charge in [-0.2, -0.15) is 0 Å². The van der Waals surface area contributed by atoms with E-state index in [0.717, 1.165) is 23.1 Å². The van der Waals surface area contributed by atoms with Crippen LogP contribution in [-0.2, 0) is 0 Å². The summed E-state index contributed by atoms with van der Waals surface area (Å²) in [4.78, 5) is 73.5. The van der Waals surface area contributed by atoms with Crippen molar-refractivity contribution in [2.45, 2.75) is 0 Å². The number of rotatable bonds is 8. The molecule has 0 radical (unpaired) electrons. The quantitative estimate of drug-likeness (QED) is 0.151. The smallest absolute Gasteiger partial charge is 0.335 e. The molecule has 0 aliphatic carbocycles. The number of amides is 3. The summed E-state index contributed by atoms with van der Waals surface area (Å²) in [6.07, 6.45) is 0. The maximum atomic E-state index is 13.3. The average molecular weight is 567 g/mol. The van der Waals surface area contributed by atoms with E-state index in [4.69, 9.17) is 4.74 Å². The highest BCUT2D eigenvalue weighted by Crippen LogP contribution is 2.33. The molecule has 0 saturated heterocycles. The van der Waals surface area contributed by atoms with Crippen molar-refractivity contribution in [3.63, 3.8) is 0 Å². The van der Waals surface area contributed by atoms with Crippen LogP contribution < -0.4 is 15.0 Å². The van der Waals surface area contributed by atoms with Gasteiger partial charge in [-0.05, 0) is 60.7 Å². The standard InChI is InChI=1S/C29H17N3O10/c33-25(30-18-10-16(28(36)37)9-17(11-18)29(38)39)15-3-1-4-19(12-15)31-26(34)23-8-7-22(14-24(23)27(31)35)42-21-6-2-5-20(13-21)32(40)41/h1-14H,(H,30,33)(H,36,37)(H,38,39). The van der Waals surface area contributed by atoms with Crippen LogP contribution in [0.2, 0.25) is 0 Å². The number of benzene rings is 4. The van der Waals surface area contributed by atoms with E-state index in [1.54, 1.807) is 0 Å². The molecule has 4 aromatic rings. The molecule has 0 atom stereocenters. The van der Waals surface area contributed by atoms with Gasteiger partial charge in [0.25, 0.3) is 23.4 Å². The Morgan fingerprint density at radius 3 is 2.05 bits per heavy atom. The Kier molecular flexibility index (Phi) is 6.90. The largest absolute Gasteiger partial charge is 0.478 e. The van der Waals surface area contributed by atoms with Gasteiger partial charge in [-0.1, -0.05) is 12.1 Å². The second-order valence-electron chi connectivity index (χ2n) is 8.92. The number of nitro groups is 1. The molecule has 3 amide bonds. The SMILES string of the molecule is O=C(O)c1cc(NC(=O)c2cccc(N3C(=O)c4ccc(Oc5cccc([N+](=O)[O-])c5)cc4C3=O)c2)cc(C(=O)O)c1. The predicted octanol–water partition coefficient (Wildman–Crippen LogP) is 4.84. The lowest BCUT2D eigenvalue weighted by atomic mass is 10.1. The topological polar surface area (TPSA) is 193 Å². The third-order valence-electron chi connectivity index (χ3n) is 6.17. The van der Waals surface area contributed by atoms with Gasteiger partial charge in [0.2, 0.25) is 0 Å². The number of nitro benzene ring substituents is 1. The van der Waals surface area contributed by atoms with Crippen LogP contribution in [0.3, 0.4) is 0 Å². The van der Waals surface area contributed by atoms with Gasteiger partial charge >= 0.3 is 11.9 Å². The van der Waals surface area contributed by atoms with Crippen molar-refractivity contribution in [1.82, 2.24) is 0 Å². The molecule has 0 bridgehead atoms. The Morgan fingerprint density at radius 2 is 1.38 bits per heavy atom. The van der Waals surface area contributed by atoms with Crippen LogP contribution in [0.5, 0.6) is 11.5 Å². The molecule has 208 valence electrons. The molecule has 4 aromatic carbocycles. The van der Waals surface area contributed by atoms with Gasteiger partial charge in [-0.3, -0.25) is 24.5 Å². The van der Waals surface area contributed by atoms with E-state index in [0.29, 0.717) is 0 Å². The summed E-state index contributed by atoms with van der Waals surface area (Å²) >= 11 is 0. The number of carbonyl (C=O) groups is 5. The first kappa shape index (κ1) is 27.2. The first-order chi connectivity index (χ1) is 20.0. The number of ether oxygens (including phenoxy) is 1. The van der Waals surface area contributed by atoms with Crippen LogP contribution in [0.4, 0.5) is 17.1 Å². The molecule has 13 heteroatoms. The molecule has 1 aliphatic heterocycles. The van der Waals surface area contributed by atoms with Crippen molar-refractivity contribution in [3.05, 3.63) is 123 Å². The molecule has 0 fully saturated rings. The lowest BCUT2D eigenvalue weighted by Gasteiger charge is -2.15. The van der Waals surface area contributed by atoms with Crippen molar-refractivity contribution < 1.29 is 43.8 Å². The molecule has 3 N–H and O–H groups in total. The minimum Gasteiger partial charge on any atom is -0.478 e. The zero-order valence-corrected chi connectivity index (χ0v) is 21.1. The number of non-ortho nitro benzene ring substituents is 1. The summed E-state index contributed by atoms with van der Waals surface area (Å²) in [6, 6.07) is 18.3. The molecule has 5 rings (SSSR count). The molecular formula is C29H17N3O10. The second-order valence-corrected chi connectivity index (χ2v) is 8.92. The molecule has 0 aromatic heterocycles. The van der Waals surface area contributed by atoms with Crippen LogP contribution in [0.1, 0.15) is 51.8 Å².